The first-order valence-corrected chi connectivity index (χ1v) is 32.4. The normalized spacial score (nSPS) is 13.1. The molecule has 0 fully saturated rings. The van der Waals surface area contributed by atoms with Crippen LogP contribution >= 0.6 is 0 Å². The standard InChI is InChI=1S/C91H63N3/c1-7-26-64(27-8-1)67-46-52-74(53-47-67)92(72-34-15-5-16-35-72)78-60-71(61-79(62-78)93(73-36-17-6-18-37-73)75-54-48-68(49-55-75)65-28-9-2-10-29-65)81-41-25-44-87-90(81)84-40-20-23-43-86(84)91(87)85-42-22-19-39-82(85)83-59-58-77(63-88(83)91)94(76-56-50-69(51-57-76)66-30-11-3-12-31-66)89-45-24-21-38-80(89)70-32-13-4-14-33-70/h1-63H. The average molecular weight is 1200 g/mol. The van der Waals surface area contributed by atoms with E-state index in [0.29, 0.717) is 0 Å². The number of nitrogens with zero attached hydrogens (tertiary/aromatic N) is 3. The Hall–Kier alpha value is -12.3. The van der Waals surface area contributed by atoms with Crippen molar-refractivity contribution in [3.05, 3.63) is 404 Å². The van der Waals surface area contributed by atoms with Gasteiger partial charge < -0.3 is 14.7 Å². The van der Waals surface area contributed by atoms with Crippen molar-refractivity contribution in [2.45, 2.75) is 5.41 Å². The lowest BCUT2D eigenvalue weighted by Crippen LogP contribution is -2.26. The van der Waals surface area contributed by atoms with Gasteiger partial charge >= 0.3 is 0 Å². The number of fused-ring (bicyclic) bond motifs is 10. The van der Waals surface area contributed by atoms with Crippen molar-refractivity contribution in [3.63, 3.8) is 0 Å². The van der Waals surface area contributed by atoms with Gasteiger partial charge in [-0.15, -0.1) is 0 Å². The molecule has 0 aliphatic heterocycles. The molecule has 1 unspecified atom stereocenters. The molecule has 1 atom stereocenters. The first-order chi connectivity index (χ1) is 46.6. The minimum absolute atomic E-state index is 0.681. The largest absolute Gasteiger partial charge is 0.310 e. The third kappa shape index (κ3) is 9.69. The second kappa shape index (κ2) is 23.8. The maximum Gasteiger partial charge on any atom is 0.0726 e. The summed E-state index contributed by atoms with van der Waals surface area (Å²) < 4.78 is 0. The topological polar surface area (TPSA) is 9.72 Å². The van der Waals surface area contributed by atoms with Crippen LogP contribution < -0.4 is 14.7 Å². The lowest BCUT2D eigenvalue weighted by atomic mass is 9.70. The zero-order valence-electron chi connectivity index (χ0n) is 51.7. The molecular weight excluding hydrogens is 1140 g/mol. The van der Waals surface area contributed by atoms with Crippen LogP contribution in [0.2, 0.25) is 0 Å². The molecule has 1 spiro atoms. The van der Waals surface area contributed by atoms with Crippen LogP contribution in [0.15, 0.2) is 382 Å². The third-order valence-electron chi connectivity index (χ3n) is 19.0. The fraction of sp³-hybridized carbons (Fsp3) is 0.0110. The Kier molecular flexibility index (Phi) is 14.1. The predicted molar refractivity (Wildman–Crippen MR) is 394 cm³/mol. The number of anilines is 9. The quantitative estimate of drug-likeness (QED) is 0.107. The smallest absolute Gasteiger partial charge is 0.0726 e. The van der Waals surface area contributed by atoms with Gasteiger partial charge in [-0.05, 0) is 192 Å². The first kappa shape index (κ1) is 55.7. The fourth-order valence-electron chi connectivity index (χ4n) is 14.9. The Morgan fingerprint density at radius 1 is 0.160 bits per heavy atom. The zero-order valence-corrected chi connectivity index (χ0v) is 51.7. The number of para-hydroxylation sites is 3. The summed E-state index contributed by atoms with van der Waals surface area (Å²) in [5.41, 5.74) is 30.5. The molecule has 94 heavy (non-hydrogen) atoms. The summed E-state index contributed by atoms with van der Waals surface area (Å²) in [4.78, 5) is 7.31. The maximum absolute atomic E-state index is 2.51. The molecule has 15 aromatic carbocycles. The van der Waals surface area contributed by atoms with Gasteiger partial charge in [-0.25, -0.2) is 0 Å². The molecule has 0 saturated heterocycles. The molecule has 2 aliphatic carbocycles. The van der Waals surface area contributed by atoms with Crippen molar-refractivity contribution in [3.8, 4) is 77.9 Å². The van der Waals surface area contributed by atoms with Crippen molar-refractivity contribution >= 4 is 51.2 Å². The van der Waals surface area contributed by atoms with E-state index in [-0.39, 0.29) is 0 Å². The molecule has 0 saturated carbocycles. The highest BCUT2D eigenvalue weighted by Crippen LogP contribution is 2.65. The van der Waals surface area contributed by atoms with Crippen LogP contribution in [0.3, 0.4) is 0 Å². The number of benzene rings is 15. The van der Waals surface area contributed by atoms with Crippen LogP contribution in [-0.2, 0) is 5.41 Å². The second-order valence-electron chi connectivity index (χ2n) is 24.3. The van der Waals surface area contributed by atoms with E-state index in [0.717, 1.165) is 84.6 Å². The number of hydrogen-bond donors (Lipinski definition) is 0. The van der Waals surface area contributed by atoms with E-state index in [4.69, 9.17) is 0 Å². The Morgan fingerprint density at radius 2 is 0.500 bits per heavy atom. The van der Waals surface area contributed by atoms with Gasteiger partial charge in [-0.3, -0.25) is 0 Å². The maximum atomic E-state index is 2.51. The summed E-state index contributed by atoms with van der Waals surface area (Å²) in [5.74, 6) is 0. The highest BCUT2D eigenvalue weighted by molar-refractivity contribution is 6.02. The molecule has 0 N–H and O–H groups in total. The highest BCUT2D eigenvalue weighted by atomic mass is 15.2. The van der Waals surface area contributed by atoms with Crippen LogP contribution in [0.4, 0.5) is 51.2 Å². The van der Waals surface area contributed by atoms with Crippen LogP contribution in [0.5, 0.6) is 0 Å². The fourth-order valence-corrected chi connectivity index (χ4v) is 14.9. The van der Waals surface area contributed by atoms with E-state index in [9.17, 15) is 0 Å². The van der Waals surface area contributed by atoms with Gasteiger partial charge in [0, 0.05) is 51.1 Å². The lowest BCUT2D eigenvalue weighted by Gasteiger charge is -2.33. The number of hydrogen-bond acceptors (Lipinski definition) is 3. The zero-order chi connectivity index (χ0) is 62.4. The second-order valence-corrected chi connectivity index (χ2v) is 24.3. The van der Waals surface area contributed by atoms with Gasteiger partial charge in [0.05, 0.1) is 11.1 Å². The SMILES string of the molecule is c1ccc(-c2ccc(N(c3ccccc3)c3cc(-c4cccc5c4-c4ccccc4C54c5ccccc5-c5ccc(N(c6ccc(-c7ccccc7)cc6)c6ccccc6-c6ccccc6)cc54)cc(N(c4ccccc4)c4ccc(-c5ccccc5)cc4)c3)cc2)cc1. The summed E-state index contributed by atoms with van der Waals surface area (Å²) in [5, 5.41) is 0. The molecule has 0 radical (unpaired) electrons. The molecule has 442 valence electrons. The van der Waals surface area contributed by atoms with Crippen LogP contribution in [0, 0.1) is 0 Å². The monoisotopic (exact) mass is 1200 g/mol. The Balaban J connectivity index is 0.893. The van der Waals surface area contributed by atoms with Gasteiger partial charge in [-0.2, -0.15) is 0 Å². The van der Waals surface area contributed by atoms with Crippen LogP contribution in [0.1, 0.15) is 22.3 Å². The van der Waals surface area contributed by atoms with Gasteiger partial charge in [-0.1, -0.05) is 285 Å². The van der Waals surface area contributed by atoms with Crippen molar-refractivity contribution in [2.75, 3.05) is 14.7 Å². The molecule has 0 aromatic heterocycles. The molecule has 15 aromatic rings. The van der Waals surface area contributed by atoms with Gasteiger partial charge in [0.25, 0.3) is 0 Å². The average Bonchev–Trinajstić information content (AvgIpc) is 1.50. The summed E-state index contributed by atoms with van der Waals surface area (Å²) >= 11 is 0. The highest BCUT2D eigenvalue weighted by Gasteiger charge is 2.52. The molecule has 0 amide bonds. The van der Waals surface area contributed by atoms with Crippen LogP contribution in [-0.4, -0.2) is 0 Å². The van der Waals surface area contributed by atoms with E-state index in [1.54, 1.807) is 0 Å². The van der Waals surface area contributed by atoms with Gasteiger partial charge in [0.1, 0.15) is 0 Å². The lowest BCUT2D eigenvalue weighted by molar-refractivity contribution is 0.794. The Labute approximate surface area is 550 Å². The predicted octanol–water partition coefficient (Wildman–Crippen LogP) is 24.8. The summed E-state index contributed by atoms with van der Waals surface area (Å²) in [6.07, 6.45) is 0. The van der Waals surface area contributed by atoms with Crippen molar-refractivity contribution < 1.29 is 0 Å². The Morgan fingerprint density at radius 3 is 1.00 bits per heavy atom. The van der Waals surface area contributed by atoms with Crippen LogP contribution in [0.25, 0.3) is 77.9 Å². The summed E-state index contributed by atoms with van der Waals surface area (Å²) in [6.45, 7) is 0. The van der Waals surface area contributed by atoms with Gasteiger partial charge in [0.15, 0.2) is 0 Å². The summed E-state index contributed by atoms with van der Waals surface area (Å²) in [7, 11) is 0. The van der Waals surface area contributed by atoms with E-state index >= 15 is 0 Å². The molecule has 3 nitrogen and oxygen atoms in total. The van der Waals surface area contributed by atoms with E-state index < -0.39 is 5.41 Å². The minimum Gasteiger partial charge on any atom is -0.310 e. The van der Waals surface area contributed by atoms with E-state index in [2.05, 4.69) is 397 Å². The van der Waals surface area contributed by atoms with Crippen molar-refractivity contribution in [2.24, 2.45) is 0 Å². The van der Waals surface area contributed by atoms with Crippen molar-refractivity contribution in [1.29, 1.82) is 0 Å². The molecular formula is C91H63N3. The van der Waals surface area contributed by atoms with Crippen molar-refractivity contribution in [1.82, 2.24) is 0 Å². The molecule has 17 rings (SSSR count). The summed E-state index contributed by atoms with van der Waals surface area (Å²) in [6, 6.07) is 140. The number of rotatable bonds is 14. The molecule has 0 heterocycles. The molecule has 3 heteroatoms. The minimum atomic E-state index is -0.681. The third-order valence-corrected chi connectivity index (χ3v) is 19.0. The van der Waals surface area contributed by atoms with Gasteiger partial charge in [0.2, 0.25) is 0 Å². The Bertz CT molecular complexity index is 5070. The first-order valence-electron chi connectivity index (χ1n) is 32.4. The molecule has 2 aliphatic rings. The van der Waals surface area contributed by atoms with E-state index in [1.807, 2.05) is 0 Å². The van der Waals surface area contributed by atoms with E-state index in [1.165, 1.54) is 66.8 Å². The molecule has 0 bridgehead atoms.